The Morgan fingerprint density at radius 3 is 1.51 bits per heavy atom. The topological polar surface area (TPSA) is 134 Å². The van der Waals surface area contributed by atoms with Crippen molar-refractivity contribution in [1.29, 1.82) is 0 Å². The molecule has 198 valence electrons. The molecule has 3 rings (SSSR count). The summed E-state index contributed by atoms with van der Waals surface area (Å²) in [6, 6.07) is 4.75. The van der Waals surface area contributed by atoms with E-state index in [0.717, 1.165) is 13.0 Å². The molecular formula is C25H34N8O4. The summed E-state index contributed by atoms with van der Waals surface area (Å²) in [4.78, 5) is 51.5. The Bertz CT molecular complexity index is 1310. The summed E-state index contributed by atoms with van der Waals surface area (Å²) in [5.74, 6) is -1.23. The monoisotopic (exact) mass is 510 g/mol. The fourth-order valence-electron chi connectivity index (χ4n) is 3.86. The van der Waals surface area contributed by atoms with E-state index in [1.54, 1.807) is 71.6 Å². The van der Waals surface area contributed by atoms with Crippen LogP contribution in [0, 0.1) is 0 Å². The number of nitrogens with one attached hydrogen (secondary N) is 4. The molecule has 0 spiro atoms. The van der Waals surface area contributed by atoms with Gasteiger partial charge in [-0.2, -0.15) is 0 Å². The third-order valence-corrected chi connectivity index (χ3v) is 5.62. The summed E-state index contributed by atoms with van der Waals surface area (Å²) in [6.45, 7) is 2.82. The fourth-order valence-corrected chi connectivity index (χ4v) is 3.86. The van der Waals surface area contributed by atoms with Crippen LogP contribution in [0.2, 0.25) is 0 Å². The van der Waals surface area contributed by atoms with E-state index in [4.69, 9.17) is 0 Å². The molecule has 0 aliphatic heterocycles. The maximum Gasteiger partial charge on any atom is 0.272 e. The van der Waals surface area contributed by atoms with E-state index < -0.39 is 5.91 Å². The summed E-state index contributed by atoms with van der Waals surface area (Å²) < 4.78 is 4.85. The SMILES string of the molecule is CC(=O)Nc1cc(C(=O)Nc2cc(C(=O)Nc3cc(C(=O)NCCCN(C)C)n(C)c3)n(C)c2)n(C)c1. The van der Waals surface area contributed by atoms with Crippen LogP contribution < -0.4 is 21.3 Å². The van der Waals surface area contributed by atoms with Crippen molar-refractivity contribution in [2.75, 3.05) is 43.1 Å². The Morgan fingerprint density at radius 2 is 1.11 bits per heavy atom. The van der Waals surface area contributed by atoms with Crippen molar-refractivity contribution in [3.8, 4) is 0 Å². The zero-order valence-corrected chi connectivity index (χ0v) is 22.0. The van der Waals surface area contributed by atoms with E-state index >= 15 is 0 Å². The Balaban J connectivity index is 1.63. The van der Waals surface area contributed by atoms with Crippen molar-refractivity contribution in [2.24, 2.45) is 21.1 Å². The lowest BCUT2D eigenvalue weighted by atomic mass is 10.3. The maximum absolute atomic E-state index is 12.9. The Morgan fingerprint density at radius 1 is 0.703 bits per heavy atom. The van der Waals surface area contributed by atoms with Crippen LogP contribution in [0.3, 0.4) is 0 Å². The van der Waals surface area contributed by atoms with Gasteiger partial charge < -0.3 is 39.9 Å². The van der Waals surface area contributed by atoms with E-state index in [1.165, 1.54) is 6.92 Å². The number of amides is 4. The summed E-state index contributed by atoms with van der Waals surface area (Å²) in [5.41, 5.74) is 2.52. The molecule has 4 N–H and O–H groups in total. The van der Waals surface area contributed by atoms with E-state index in [9.17, 15) is 19.2 Å². The van der Waals surface area contributed by atoms with Crippen molar-refractivity contribution in [1.82, 2.24) is 23.9 Å². The van der Waals surface area contributed by atoms with Gasteiger partial charge in [0.25, 0.3) is 17.7 Å². The highest BCUT2D eigenvalue weighted by atomic mass is 16.2. The first-order valence-electron chi connectivity index (χ1n) is 11.8. The van der Waals surface area contributed by atoms with Crippen LogP contribution in [0.15, 0.2) is 36.8 Å². The zero-order chi connectivity index (χ0) is 27.3. The first-order valence-corrected chi connectivity index (χ1v) is 11.8. The molecule has 0 aliphatic rings. The summed E-state index contributed by atoms with van der Waals surface area (Å²) in [6.07, 6.45) is 5.76. The van der Waals surface area contributed by atoms with E-state index in [1.807, 2.05) is 14.1 Å². The standard InChI is InChI=1S/C25H34N8O4/c1-16(34)27-17-10-21(32(5)13-17)24(36)29-19-12-22(33(6)15-19)25(37)28-18-11-20(31(4)14-18)23(35)26-8-7-9-30(2)3/h10-15H,7-9H2,1-6H3,(H,26,35)(H,27,34)(H,28,37)(H,29,36). The quantitative estimate of drug-likeness (QED) is 0.309. The molecule has 12 heteroatoms. The maximum atomic E-state index is 12.9. The van der Waals surface area contributed by atoms with Crippen LogP contribution in [-0.4, -0.2) is 69.4 Å². The second-order valence-corrected chi connectivity index (χ2v) is 9.18. The molecule has 0 unspecified atom stereocenters. The molecule has 3 aromatic rings. The number of hydrogen-bond donors (Lipinski definition) is 4. The molecule has 0 fully saturated rings. The van der Waals surface area contributed by atoms with Gasteiger partial charge in [-0.25, -0.2) is 0 Å². The average molecular weight is 511 g/mol. The van der Waals surface area contributed by atoms with E-state index in [0.29, 0.717) is 40.7 Å². The lowest BCUT2D eigenvalue weighted by Gasteiger charge is -2.10. The molecule has 37 heavy (non-hydrogen) atoms. The predicted octanol–water partition coefficient (Wildman–Crippen LogP) is 1.85. The normalized spacial score (nSPS) is 10.9. The van der Waals surface area contributed by atoms with Crippen molar-refractivity contribution in [3.63, 3.8) is 0 Å². The Kier molecular flexibility index (Phi) is 8.56. The molecule has 0 bridgehead atoms. The van der Waals surface area contributed by atoms with Crippen LogP contribution in [0.5, 0.6) is 0 Å². The smallest absolute Gasteiger partial charge is 0.272 e. The largest absolute Gasteiger partial charge is 0.351 e. The van der Waals surface area contributed by atoms with Gasteiger partial charge in [0.15, 0.2) is 0 Å². The molecule has 0 radical (unpaired) electrons. The highest BCUT2D eigenvalue weighted by Crippen LogP contribution is 2.19. The number of aromatic nitrogens is 3. The predicted molar refractivity (Wildman–Crippen MR) is 142 cm³/mol. The van der Waals surface area contributed by atoms with Crippen molar-refractivity contribution < 1.29 is 19.2 Å². The third-order valence-electron chi connectivity index (χ3n) is 5.62. The third kappa shape index (κ3) is 7.10. The number of rotatable bonds is 10. The summed E-state index contributed by atoms with van der Waals surface area (Å²) >= 11 is 0. The van der Waals surface area contributed by atoms with Crippen LogP contribution in [0.1, 0.15) is 44.8 Å². The molecule has 0 aromatic carbocycles. The second kappa shape index (κ2) is 11.6. The van der Waals surface area contributed by atoms with Crippen LogP contribution in [0.4, 0.5) is 17.1 Å². The first-order chi connectivity index (χ1) is 17.4. The van der Waals surface area contributed by atoms with E-state index in [-0.39, 0.29) is 17.7 Å². The van der Waals surface area contributed by atoms with Gasteiger partial charge in [0.05, 0.1) is 17.1 Å². The number of carbonyl (C=O) groups is 4. The summed E-state index contributed by atoms with van der Waals surface area (Å²) in [5, 5.41) is 11.1. The van der Waals surface area contributed by atoms with Crippen molar-refractivity contribution >= 4 is 40.7 Å². The van der Waals surface area contributed by atoms with Gasteiger partial charge >= 0.3 is 0 Å². The van der Waals surface area contributed by atoms with Crippen LogP contribution >= 0.6 is 0 Å². The lowest BCUT2D eigenvalue weighted by molar-refractivity contribution is -0.114. The Hall–Kier alpha value is -4.32. The minimum absolute atomic E-state index is 0.215. The number of carbonyl (C=O) groups excluding carboxylic acids is 4. The zero-order valence-electron chi connectivity index (χ0n) is 22.0. The summed E-state index contributed by atoms with van der Waals surface area (Å²) in [7, 11) is 9.08. The van der Waals surface area contributed by atoms with Gasteiger partial charge in [0.1, 0.15) is 17.1 Å². The van der Waals surface area contributed by atoms with Crippen LogP contribution in [0.25, 0.3) is 0 Å². The molecule has 3 aromatic heterocycles. The second-order valence-electron chi connectivity index (χ2n) is 9.18. The molecule has 0 saturated heterocycles. The van der Waals surface area contributed by atoms with E-state index in [2.05, 4.69) is 26.2 Å². The number of aryl methyl sites for hydroxylation is 3. The van der Waals surface area contributed by atoms with Crippen molar-refractivity contribution in [3.05, 3.63) is 53.9 Å². The first kappa shape index (κ1) is 27.3. The highest BCUT2D eigenvalue weighted by Gasteiger charge is 2.18. The lowest BCUT2D eigenvalue weighted by Crippen LogP contribution is -2.28. The average Bonchev–Trinajstić information content (AvgIpc) is 3.46. The fraction of sp³-hybridized carbons (Fsp3) is 0.360. The molecular weight excluding hydrogens is 476 g/mol. The number of nitrogens with zero attached hydrogens (tertiary/aromatic N) is 4. The van der Waals surface area contributed by atoms with Crippen molar-refractivity contribution in [2.45, 2.75) is 13.3 Å². The Labute approximate surface area is 215 Å². The van der Waals surface area contributed by atoms with Gasteiger partial charge in [0.2, 0.25) is 5.91 Å². The minimum Gasteiger partial charge on any atom is -0.351 e. The molecule has 4 amide bonds. The van der Waals surface area contributed by atoms with Gasteiger partial charge in [-0.1, -0.05) is 0 Å². The van der Waals surface area contributed by atoms with Gasteiger partial charge in [0, 0.05) is 53.2 Å². The molecule has 0 saturated carbocycles. The van der Waals surface area contributed by atoms with Gasteiger partial charge in [-0.3, -0.25) is 19.2 Å². The number of anilines is 3. The molecule has 3 heterocycles. The number of hydrogen-bond acceptors (Lipinski definition) is 5. The van der Waals surface area contributed by atoms with Gasteiger partial charge in [-0.05, 0) is 45.3 Å². The molecule has 12 nitrogen and oxygen atoms in total. The van der Waals surface area contributed by atoms with Crippen LogP contribution in [-0.2, 0) is 25.9 Å². The molecule has 0 aliphatic carbocycles. The molecule has 0 atom stereocenters. The van der Waals surface area contributed by atoms with Gasteiger partial charge in [-0.15, -0.1) is 0 Å². The highest BCUT2D eigenvalue weighted by molar-refractivity contribution is 6.07. The minimum atomic E-state index is -0.390.